The molecule has 2 aliphatic rings. The fourth-order valence-corrected chi connectivity index (χ4v) is 7.53. The zero-order valence-corrected chi connectivity index (χ0v) is 29.1. The first kappa shape index (κ1) is 35.2. The molecule has 1 aromatic heterocycles. The average Bonchev–Trinajstić information content (AvgIpc) is 3.57. The second-order valence-corrected chi connectivity index (χ2v) is 13.8. The van der Waals surface area contributed by atoms with E-state index in [0.29, 0.717) is 51.6 Å². The smallest absolute Gasteiger partial charge is 0.407 e. The Kier molecular flexibility index (Phi) is 12.2. The number of carbonyl (C=O) groups is 3. The first-order valence-electron chi connectivity index (χ1n) is 18.4. The van der Waals surface area contributed by atoms with Crippen LogP contribution in [0.15, 0.2) is 91.1 Å². The van der Waals surface area contributed by atoms with Crippen LogP contribution in [-0.4, -0.2) is 77.0 Å². The quantitative estimate of drug-likeness (QED) is 0.119. The second kappa shape index (κ2) is 17.3. The number of nitrogens with one attached hydrogen (secondary N) is 3. The lowest BCUT2D eigenvalue weighted by atomic mass is 9.81. The maximum atomic E-state index is 14.2. The average molecular weight is 678 g/mol. The minimum absolute atomic E-state index is 0.00836. The van der Waals surface area contributed by atoms with Gasteiger partial charge in [-0.25, -0.2) is 4.79 Å². The van der Waals surface area contributed by atoms with Gasteiger partial charge in [0.1, 0.15) is 18.2 Å². The fraction of sp³-hybridized carbons (Fsp3) is 0.439. The summed E-state index contributed by atoms with van der Waals surface area (Å²) in [6, 6.07) is 27.9. The van der Waals surface area contributed by atoms with Crippen molar-refractivity contribution < 1.29 is 19.1 Å². The number of piperazine rings is 1. The van der Waals surface area contributed by atoms with Gasteiger partial charge in [0.15, 0.2) is 0 Å². The largest absolute Gasteiger partial charge is 0.445 e. The summed E-state index contributed by atoms with van der Waals surface area (Å²) in [4.78, 5) is 48.1. The van der Waals surface area contributed by atoms with E-state index >= 15 is 0 Å². The predicted octanol–water partition coefficient (Wildman–Crippen LogP) is 6.38. The lowest BCUT2D eigenvalue weighted by Crippen LogP contribution is -2.73. The summed E-state index contributed by atoms with van der Waals surface area (Å²) in [6.45, 7) is 3.79. The van der Waals surface area contributed by atoms with Gasteiger partial charge in [-0.15, -0.1) is 0 Å². The fourth-order valence-electron chi connectivity index (χ4n) is 7.53. The number of hydrogen-bond acceptors (Lipinski definition) is 5. The van der Waals surface area contributed by atoms with Gasteiger partial charge in [0.2, 0.25) is 11.8 Å². The van der Waals surface area contributed by atoms with Gasteiger partial charge >= 0.3 is 6.09 Å². The van der Waals surface area contributed by atoms with Crippen molar-refractivity contribution in [2.24, 2.45) is 0 Å². The van der Waals surface area contributed by atoms with E-state index in [2.05, 4.69) is 63.0 Å². The van der Waals surface area contributed by atoms with E-state index < -0.39 is 17.7 Å². The second-order valence-electron chi connectivity index (χ2n) is 13.8. The standard InChI is InChI=1S/C41H51N5O4/c47-38-37(21-11-12-25-42-40(49)50-31-33-17-6-2-7-18-33)44-39(48)41(46(38)27-22-34-30-43-36-20-10-9-19-35(34)36)23-28-45(29-24-41)26-13-3-8-16-32-14-4-1-5-15-32/h1-2,4-7,9-10,14-15,17-20,30,37,43H,3,8,11-13,16,21-29,31H2,(H,42,49)(H,44,48). The molecular formula is C41H51N5O4. The third kappa shape index (κ3) is 8.93. The van der Waals surface area contributed by atoms with E-state index in [1.807, 2.05) is 53.6 Å². The number of amides is 3. The van der Waals surface area contributed by atoms with Crippen molar-refractivity contribution >= 4 is 28.8 Å². The molecule has 50 heavy (non-hydrogen) atoms. The number of aryl methyl sites for hydroxylation is 1. The number of carbonyl (C=O) groups excluding carboxylic acids is 3. The van der Waals surface area contributed by atoms with Crippen molar-refractivity contribution in [1.29, 1.82) is 0 Å². The summed E-state index contributed by atoms with van der Waals surface area (Å²) in [5.41, 5.74) is 3.73. The zero-order chi connectivity index (χ0) is 34.6. The Hall–Kier alpha value is -4.63. The van der Waals surface area contributed by atoms with Crippen molar-refractivity contribution in [3.8, 4) is 0 Å². The van der Waals surface area contributed by atoms with Crippen LogP contribution in [0.5, 0.6) is 0 Å². The molecule has 1 spiro atoms. The van der Waals surface area contributed by atoms with Gasteiger partial charge in [0.25, 0.3) is 0 Å². The van der Waals surface area contributed by atoms with Crippen LogP contribution in [0.1, 0.15) is 68.1 Å². The number of aromatic amines is 1. The van der Waals surface area contributed by atoms with E-state index in [4.69, 9.17) is 4.74 Å². The molecule has 2 fully saturated rings. The number of rotatable bonds is 16. The van der Waals surface area contributed by atoms with Crippen LogP contribution >= 0.6 is 0 Å². The monoisotopic (exact) mass is 677 g/mol. The number of piperidine rings is 1. The minimum atomic E-state index is -0.826. The molecule has 9 nitrogen and oxygen atoms in total. The van der Waals surface area contributed by atoms with Gasteiger partial charge in [-0.1, -0.05) is 85.3 Å². The van der Waals surface area contributed by atoms with Crippen molar-refractivity contribution in [3.63, 3.8) is 0 Å². The number of para-hydroxylation sites is 1. The molecule has 1 unspecified atom stereocenters. The van der Waals surface area contributed by atoms with E-state index in [-0.39, 0.29) is 18.4 Å². The number of unbranched alkanes of at least 4 members (excludes halogenated alkanes) is 3. The van der Waals surface area contributed by atoms with E-state index in [9.17, 15) is 14.4 Å². The van der Waals surface area contributed by atoms with Crippen LogP contribution in [0.25, 0.3) is 10.9 Å². The molecule has 264 valence electrons. The topological polar surface area (TPSA) is 107 Å². The van der Waals surface area contributed by atoms with Crippen LogP contribution in [0.4, 0.5) is 4.79 Å². The minimum Gasteiger partial charge on any atom is -0.445 e. The molecule has 0 aliphatic carbocycles. The van der Waals surface area contributed by atoms with Crippen molar-refractivity contribution in [2.45, 2.75) is 82.4 Å². The highest BCUT2D eigenvalue weighted by molar-refractivity contribution is 6.00. The Morgan fingerprint density at radius 1 is 0.800 bits per heavy atom. The molecule has 3 N–H and O–H groups in total. The van der Waals surface area contributed by atoms with Gasteiger partial charge < -0.3 is 30.2 Å². The summed E-state index contributed by atoms with van der Waals surface area (Å²) in [6.07, 6.45) is 10.0. The molecule has 3 heterocycles. The van der Waals surface area contributed by atoms with Crippen molar-refractivity contribution in [1.82, 2.24) is 25.4 Å². The van der Waals surface area contributed by atoms with Gasteiger partial charge in [-0.3, -0.25) is 9.59 Å². The van der Waals surface area contributed by atoms with Crippen molar-refractivity contribution in [2.75, 3.05) is 32.7 Å². The van der Waals surface area contributed by atoms with Crippen LogP contribution in [-0.2, 0) is 33.8 Å². The third-order valence-corrected chi connectivity index (χ3v) is 10.5. The maximum Gasteiger partial charge on any atom is 0.407 e. The number of benzene rings is 3. The number of alkyl carbamates (subject to hydrolysis) is 1. The Bertz CT molecular complexity index is 1680. The SMILES string of the molecule is O=C(NCCCCC1NC(=O)C2(CCN(CCCCCc3ccccc3)CC2)N(CCc2c[nH]c3ccccc23)C1=O)OCc1ccccc1. The molecule has 3 aromatic carbocycles. The Morgan fingerprint density at radius 3 is 2.30 bits per heavy atom. The summed E-state index contributed by atoms with van der Waals surface area (Å²) in [7, 11) is 0. The molecule has 3 amide bonds. The van der Waals surface area contributed by atoms with Gasteiger partial charge in [-0.05, 0) is 87.1 Å². The van der Waals surface area contributed by atoms with Gasteiger partial charge in [0.05, 0.1) is 0 Å². The molecule has 9 heteroatoms. The summed E-state index contributed by atoms with van der Waals surface area (Å²) in [5, 5.41) is 7.10. The lowest BCUT2D eigenvalue weighted by molar-refractivity contribution is -0.161. The van der Waals surface area contributed by atoms with Crippen LogP contribution in [0.3, 0.4) is 0 Å². The van der Waals surface area contributed by atoms with Gasteiger partial charge in [0, 0.05) is 43.3 Å². The number of nitrogens with zero attached hydrogens (tertiary/aromatic N) is 2. The molecule has 4 aromatic rings. The highest BCUT2D eigenvalue weighted by atomic mass is 16.5. The summed E-state index contributed by atoms with van der Waals surface area (Å²) < 4.78 is 5.30. The zero-order valence-electron chi connectivity index (χ0n) is 29.1. The number of likely N-dealkylation sites (tertiary alicyclic amines) is 1. The van der Waals surface area contributed by atoms with E-state index in [0.717, 1.165) is 54.5 Å². The van der Waals surface area contributed by atoms with Crippen LogP contribution in [0.2, 0.25) is 0 Å². The first-order chi connectivity index (χ1) is 24.5. The molecule has 6 rings (SSSR count). The normalized spacial score (nSPS) is 17.6. The molecule has 0 saturated carbocycles. The highest BCUT2D eigenvalue weighted by Gasteiger charge is 2.53. The molecule has 1 atom stereocenters. The number of ether oxygens (including phenoxy) is 1. The number of fused-ring (bicyclic) bond motifs is 1. The summed E-state index contributed by atoms with van der Waals surface area (Å²) >= 11 is 0. The molecule has 2 aliphatic heterocycles. The predicted molar refractivity (Wildman–Crippen MR) is 197 cm³/mol. The lowest BCUT2D eigenvalue weighted by Gasteiger charge is -2.51. The van der Waals surface area contributed by atoms with Crippen molar-refractivity contribution in [3.05, 3.63) is 108 Å². The van der Waals surface area contributed by atoms with E-state index in [1.54, 1.807) is 0 Å². The Morgan fingerprint density at radius 2 is 1.52 bits per heavy atom. The first-order valence-corrected chi connectivity index (χ1v) is 18.4. The maximum absolute atomic E-state index is 14.2. The molecule has 0 bridgehead atoms. The number of hydrogen-bond donors (Lipinski definition) is 3. The number of aromatic nitrogens is 1. The third-order valence-electron chi connectivity index (χ3n) is 10.5. The molecule has 2 saturated heterocycles. The van der Waals surface area contributed by atoms with Crippen LogP contribution < -0.4 is 10.6 Å². The molecule has 0 radical (unpaired) electrons. The molecular weight excluding hydrogens is 626 g/mol. The number of H-pyrrole nitrogens is 1. The highest BCUT2D eigenvalue weighted by Crippen LogP contribution is 2.34. The Labute approximate surface area is 295 Å². The summed E-state index contributed by atoms with van der Waals surface area (Å²) in [5.74, 6) is -0.0137. The van der Waals surface area contributed by atoms with Gasteiger partial charge in [-0.2, -0.15) is 0 Å². The van der Waals surface area contributed by atoms with Crippen LogP contribution in [0, 0.1) is 0 Å². The van der Waals surface area contributed by atoms with E-state index in [1.165, 1.54) is 18.4 Å². The Balaban J connectivity index is 1.01.